The van der Waals surface area contributed by atoms with Gasteiger partial charge in [0.15, 0.2) is 0 Å². The van der Waals surface area contributed by atoms with Crippen molar-refractivity contribution in [2.45, 2.75) is 16.4 Å². The Bertz CT molecular complexity index is 881. The number of hydrogen-bond donors (Lipinski definition) is 1. The molecule has 0 saturated carbocycles. The molecule has 0 heterocycles. The summed E-state index contributed by atoms with van der Waals surface area (Å²) in [4.78, 5) is 12.9. The molecule has 0 amide bonds. The Morgan fingerprint density at radius 2 is 1.78 bits per heavy atom. The second kappa shape index (κ2) is 9.63. The van der Waals surface area contributed by atoms with Crippen molar-refractivity contribution in [3.63, 3.8) is 0 Å². The lowest BCUT2D eigenvalue weighted by atomic mass is 10.2. The topological polar surface area (TPSA) is 90.9 Å². The summed E-state index contributed by atoms with van der Waals surface area (Å²) >= 11 is 1.61. The number of sulfonamides is 1. The molecule has 1 N–H and O–H groups in total. The maximum absolute atomic E-state index is 12.5. The molecule has 7 nitrogen and oxygen atoms in total. The van der Waals surface area contributed by atoms with Crippen molar-refractivity contribution in [1.82, 2.24) is 4.72 Å². The van der Waals surface area contributed by atoms with Crippen LogP contribution in [0.2, 0.25) is 0 Å². The second-order valence-electron chi connectivity index (χ2n) is 5.35. The van der Waals surface area contributed by atoms with Crippen LogP contribution in [0.3, 0.4) is 0 Å². The molecular weight excluding hydrogens is 390 g/mol. The van der Waals surface area contributed by atoms with Gasteiger partial charge in [-0.25, -0.2) is 8.42 Å². The fourth-order valence-corrected chi connectivity index (χ4v) is 3.72. The first-order valence-electron chi connectivity index (χ1n) is 7.90. The van der Waals surface area contributed by atoms with Gasteiger partial charge in [0.1, 0.15) is 29.5 Å². The molecule has 0 aliphatic carbocycles. The smallest absolute Gasteiger partial charge is 0.321 e. The highest BCUT2D eigenvalue weighted by Gasteiger charge is 2.21. The number of esters is 1. The molecule has 0 aliphatic rings. The van der Waals surface area contributed by atoms with Crippen molar-refractivity contribution in [1.29, 1.82) is 0 Å². The van der Waals surface area contributed by atoms with Crippen molar-refractivity contribution in [2.75, 3.05) is 27.0 Å². The first-order valence-corrected chi connectivity index (χ1v) is 10.6. The predicted molar refractivity (Wildman–Crippen MR) is 103 cm³/mol. The van der Waals surface area contributed by atoms with Gasteiger partial charge in [0.25, 0.3) is 0 Å². The Morgan fingerprint density at radius 3 is 2.37 bits per heavy atom. The van der Waals surface area contributed by atoms with Gasteiger partial charge >= 0.3 is 5.97 Å². The van der Waals surface area contributed by atoms with Crippen LogP contribution in [0.15, 0.2) is 52.3 Å². The van der Waals surface area contributed by atoms with E-state index in [9.17, 15) is 13.2 Å². The summed E-state index contributed by atoms with van der Waals surface area (Å²) in [6, 6.07) is 11.9. The third-order valence-corrected chi connectivity index (χ3v) is 5.79. The fraction of sp³-hybridized carbons (Fsp3) is 0.278. The molecule has 0 unspecified atom stereocenters. The molecule has 2 aromatic rings. The van der Waals surface area contributed by atoms with E-state index in [4.69, 9.17) is 14.2 Å². The van der Waals surface area contributed by atoms with Crippen LogP contribution in [-0.4, -0.2) is 41.4 Å². The predicted octanol–water partition coefficient (Wildman–Crippen LogP) is 2.45. The quantitative estimate of drug-likeness (QED) is 0.501. The summed E-state index contributed by atoms with van der Waals surface area (Å²) in [5.41, 5.74) is 0.818. The van der Waals surface area contributed by atoms with Gasteiger partial charge in [-0.2, -0.15) is 4.72 Å². The standard InChI is InChI=1S/C18H21NO6S2/c1-23-14-6-9-16(24-2)17(10-14)27(21,22)19-11-18(20)25-12-13-4-7-15(26-3)8-5-13/h4-10,19H,11-12H2,1-3H3. The normalized spacial score (nSPS) is 11.1. The van der Waals surface area contributed by atoms with Crippen LogP contribution >= 0.6 is 11.8 Å². The Hall–Kier alpha value is -2.23. The second-order valence-corrected chi connectivity index (χ2v) is 7.97. The van der Waals surface area contributed by atoms with Gasteiger partial charge in [-0.1, -0.05) is 12.1 Å². The largest absolute Gasteiger partial charge is 0.497 e. The molecule has 9 heteroatoms. The zero-order valence-electron chi connectivity index (χ0n) is 15.2. The summed E-state index contributed by atoms with van der Waals surface area (Å²) in [7, 11) is -1.20. The highest BCUT2D eigenvalue weighted by atomic mass is 32.2. The first kappa shape index (κ1) is 21.1. The third-order valence-electron chi connectivity index (χ3n) is 3.63. The van der Waals surface area contributed by atoms with E-state index in [0.717, 1.165) is 10.5 Å². The van der Waals surface area contributed by atoms with Gasteiger partial charge in [0, 0.05) is 11.0 Å². The van der Waals surface area contributed by atoms with Gasteiger partial charge in [0.2, 0.25) is 10.0 Å². The molecule has 0 bridgehead atoms. The molecule has 0 radical (unpaired) electrons. The SMILES string of the molecule is COc1ccc(OC)c(S(=O)(=O)NCC(=O)OCc2ccc(SC)cc2)c1. The number of ether oxygens (including phenoxy) is 3. The molecule has 0 aliphatic heterocycles. The van der Waals surface area contributed by atoms with E-state index in [0.29, 0.717) is 5.75 Å². The summed E-state index contributed by atoms with van der Waals surface area (Å²) < 4.78 is 42.4. The fourth-order valence-electron chi connectivity index (χ4n) is 2.16. The number of carbonyl (C=O) groups excluding carboxylic acids is 1. The van der Waals surface area contributed by atoms with E-state index in [2.05, 4.69) is 4.72 Å². The van der Waals surface area contributed by atoms with Crippen LogP contribution in [0.5, 0.6) is 11.5 Å². The lowest BCUT2D eigenvalue weighted by Gasteiger charge is -2.12. The van der Waals surface area contributed by atoms with Gasteiger partial charge < -0.3 is 14.2 Å². The van der Waals surface area contributed by atoms with Crippen LogP contribution in [0.4, 0.5) is 0 Å². The van der Waals surface area contributed by atoms with E-state index >= 15 is 0 Å². The number of carbonyl (C=O) groups is 1. The van der Waals surface area contributed by atoms with Crippen molar-refractivity contribution >= 4 is 27.8 Å². The highest BCUT2D eigenvalue weighted by molar-refractivity contribution is 7.98. The van der Waals surface area contributed by atoms with E-state index in [1.807, 2.05) is 30.5 Å². The molecule has 0 aromatic heterocycles. The van der Waals surface area contributed by atoms with Gasteiger partial charge in [-0.3, -0.25) is 4.79 Å². The zero-order chi connectivity index (χ0) is 19.9. The Balaban J connectivity index is 1.97. The average Bonchev–Trinajstić information content (AvgIpc) is 2.70. The third kappa shape index (κ3) is 5.88. The van der Waals surface area contributed by atoms with Gasteiger partial charge in [-0.15, -0.1) is 11.8 Å². The monoisotopic (exact) mass is 411 g/mol. The number of thioether (sulfide) groups is 1. The summed E-state index contributed by atoms with van der Waals surface area (Å²) in [5.74, 6) is -0.188. The molecular formula is C18H21NO6S2. The van der Waals surface area contributed by atoms with Crippen molar-refractivity contribution in [3.8, 4) is 11.5 Å². The molecule has 146 valence electrons. The Labute approximate surface area is 163 Å². The van der Waals surface area contributed by atoms with Gasteiger partial charge in [0.05, 0.1) is 14.2 Å². The summed E-state index contributed by atoms with van der Waals surface area (Å²) in [6.45, 7) is -0.427. The van der Waals surface area contributed by atoms with Crippen LogP contribution in [0, 0.1) is 0 Å². The number of methoxy groups -OCH3 is 2. The maximum atomic E-state index is 12.5. The Kier molecular flexibility index (Phi) is 7.52. The van der Waals surface area contributed by atoms with Crippen molar-refractivity contribution in [2.24, 2.45) is 0 Å². The molecule has 27 heavy (non-hydrogen) atoms. The number of hydrogen-bond acceptors (Lipinski definition) is 7. The van der Waals surface area contributed by atoms with Crippen molar-refractivity contribution in [3.05, 3.63) is 48.0 Å². The average molecular weight is 412 g/mol. The van der Waals surface area contributed by atoms with E-state index in [1.165, 1.54) is 26.4 Å². The molecule has 0 spiro atoms. The minimum atomic E-state index is -3.98. The van der Waals surface area contributed by atoms with E-state index < -0.39 is 22.5 Å². The maximum Gasteiger partial charge on any atom is 0.321 e. The van der Waals surface area contributed by atoms with Crippen LogP contribution in [0.1, 0.15) is 5.56 Å². The van der Waals surface area contributed by atoms with E-state index in [1.54, 1.807) is 17.8 Å². The highest BCUT2D eigenvalue weighted by Crippen LogP contribution is 2.27. The minimum Gasteiger partial charge on any atom is -0.497 e. The lowest BCUT2D eigenvalue weighted by molar-refractivity contribution is -0.143. The molecule has 0 fully saturated rings. The molecule has 0 saturated heterocycles. The number of nitrogens with one attached hydrogen (secondary N) is 1. The minimum absolute atomic E-state index is 0.0672. The van der Waals surface area contributed by atoms with E-state index in [-0.39, 0.29) is 17.3 Å². The van der Waals surface area contributed by atoms with Crippen LogP contribution in [-0.2, 0) is 26.2 Å². The van der Waals surface area contributed by atoms with Crippen LogP contribution in [0.25, 0.3) is 0 Å². The van der Waals surface area contributed by atoms with Crippen LogP contribution < -0.4 is 14.2 Å². The summed E-state index contributed by atoms with van der Waals surface area (Å²) in [6.07, 6.45) is 1.97. The van der Waals surface area contributed by atoms with Crippen molar-refractivity contribution < 1.29 is 27.4 Å². The number of benzene rings is 2. The molecule has 0 atom stereocenters. The zero-order valence-corrected chi connectivity index (χ0v) is 16.9. The van der Waals surface area contributed by atoms with Gasteiger partial charge in [-0.05, 0) is 36.1 Å². The summed E-state index contributed by atoms with van der Waals surface area (Å²) in [5, 5.41) is 0. The lowest BCUT2D eigenvalue weighted by Crippen LogP contribution is -2.31. The first-order chi connectivity index (χ1) is 12.9. The Morgan fingerprint density at radius 1 is 1.07 bits per heavy atom. The molecule has 2 aromatic carbocycles. The molecule has 2 rings (SSSR count). The number of rotatable bonds is 9.